The van der Waals surface area contributed by atoms with Crippen LogP contribution in [0.5, 0.6) is 0 Å². The fourth-order valence-electron chi connectivity index (χ4n) is 2.31. The molecule has 1 heterocycles. The lowest BCUT2D eigenvalue weighted by Gasteiger charge is -2.08. The predicted octanol–water partition coefficient (Wildman–Crippen LogP) is 2.68. The Morgan fingerprint density at radius 3 is 2.50 bits per heavy atom. The van der Waals surface area contributed by atoms with E-state index in [-0.39, 0.29) is 17.1 Å². The lowest BCUT2D eigenvalue weighted by atomic mass is 10.1. The van der Waals surface area contributed by atoms with Gasteiger partial charge in [-0.25, -0.2) is 17.9 Å². The van der Waals surface area contributed by atoms with Gasteiger partial charge in [-0.2, -0.15) is 0 Å². The van der Waals surface area contributed by atoms with Gasteiger partial charge in [0.25, 0.3) is 0 Å². The summed E-state index contributed by atoms with van der Waals surface area (Å²) in [6.07, 6.45) is 0.429. The Morgan fingerprint density at radius 2 is 1.75 bits per heavy atom. The van der Waals surface area contributed by atoms with Gasteiger partial charge in [-0.05, 0) is 42.3 Å². The van der Waals surface area contributed by atoms with Crippen molar-refractivity contribution in [2.24, 2.45) is 0 Å². The first-order valence-corrected chi connectivity index (χ1v) is 9.25. The molecule has 0 saturated carbocycles. The average molecular weight is 386 g/mol. The molecular weight excluding hydrogens is 373 g/mol. The van der Waals surface area contributed by atoms with Crippen LogP contribution in [0.1, 0.15) is 5.56 Å². The largest absolute Gasteiger partial charge is 0.323 e. The summed E-state index contributed by atoms with van der Waals surface area (Å²) in [5.74, 6) is 0. The van der Waals surface area contributed by atoms with Gasteiger partial charge in [-0.1, -0.05) is 29.3 Å². The van der Waals surface area contributed by atoms with E-state index in [4.69, 9.17) is 23.2 Å². The van der Waals surface area contributed by atoms with Gasteiger partial charge in [0.15, 0.2) is 0 Å². The molecule has 0 spiro atoms. The second-order valence-electron chi connectivity index (χ2n) is 5.17. The van der Waals surface area contributed by atoms with Gasteiger partial charge < -0.3 is 9.97 Å². The van der Waals surface area contributed by atoms with Crippen LogP contribution in [-0.4, -0.2) is 24.9 Å². The third-order valence-corrected chi connectivity index (χ3v) is 5.54. The molecule has 0 amide bonds. The van der Waals surface area contributed by atoms with E-state index < -0.39 is 10.0 Å². The summed E-state index contributed by atoms with van der Waals surface area (Å²) in [7, 11) is -3.69. The molecule has 3 aromatic rings. The Labute approximate surface area is 147 Å². The highest BCUT2D eigenvalue weighted by Gasteiger charge is 2.15. The van der Waals surface area contributed by atoms with Crippen LogP contribution in [-0.2, 0) is 16.4 Å². The van der Waals surface area contributed by atoms with Crippen LogP contribution in [0.3, 0.4) is 0 Å². The maximum absolute atomic E-state index is 12.3. The number of sulfonamides is 1. The van der Waals surface area contributed by atoms with Crippen LogP contribution < -0.4 is 10.4 Å². The van der Waals surface area contributed by atoms with Gasteiger partial charge in [-0.3, -0.25) is 0 Å². The minimum absolute atomic E-state index is 0.0763. The molecule has 0 saturated heterocycles. The zero-order valence-corrected chi connectivity index (χ0v) is 14.6. The number of aromatic nitrogens is 2. The van der Waals surface area contributed by atoms with Crippen LogP contribution in [0.2, 0.25) is 10.0 Å². The summed E-state index contributed by atoms with van der Waals surface area (Å²) in [4.78, 5) is 16.4. The topological polar surface area (TPSA) is 94.8 Å². The van der Waals surface area contributed by atoms with Gasteiger partial charge in [0.05, 0.1) is 15.9 Å². The molecule has 0 aliphatic heterocycles. The minimum Gasteiger partial charge on any atom is -0.306 e. The highest BCUT2D eigenvalue weighted by Crippen LogP contribution is 2.21. The number of benzene rings is 2. The van der Waals surface area contributed by atoms with E-state index in [9.17, 15) is 13.2 Å². The lowest BCUT2D eigenvalue weighted by molar-refractivity contribution is 0.582. The normalized spacial score (nSPS) is 11.9. The van der Waals surface area contributed by atoms with Gasteiger partial charge >= 0.3 is 5.69 Å². The zero-order valence-electron chi connectivity index (χ0n) is 12.3. The smallest absolute Gasteiger partial charge is 0.306 e. The molecule has 3 rings (SSSR count). The first-order valence-electron chi connectivity index (χ1n) is 7.01. The Balaban J connectivity index is 1.73. The highest BCUT2D eigenvalue weighted by atomic mass is 35.5. The molecule has 0 radical (unpaired) electrons. The van der Waals surface area contributed by atoms with Crippen molar-refractivity contribution in [3.05, 3.63) is 62.5 Å². The van der Waals surface area contributed by atoms with E-state index in [1.807, 2.05) is 0 Å². The van der Waals surface area contributed by atoms with Crippen molar-refractivity contribution in [2.45, 2.75) is 11.3 Å². The SMILES string of the molecule is O=c1[nH]c2ccc(S(=O)(=O)NCCc3ccc(Cl)cc3Cl)cc2[nH]1. The van der Waals surface area contributed by atoms with Crippen molar-refractivity contribution >= 4 is 44.3 Å². The van der Waals surface area contributed by atoms with Crippen LogP contribution in [0.15, 0.2) is 46.1 Å². The van der Waals surface area contributed by atoms with E-state index in [1.54, 1.807) is 18.2 Å². The number of hydrogen-bond acceptors (Lipinski definition) is 3. The second kappa shape index (κ2) is 6.60. The molecule has 2 aromatic carbocycles. The zero-order chi connectivity index (χ0) is 17.3. The molecular formula is C15H13Cl2N3O3S. The van der Waals surface area contributed by atoms with Crippen molar-refractivity contribution in [3.63, 3.8) is 0 Å². The molecule has 0 bridgehead atoms. The summed E-state index contributed by atoms with van der Waals surface area (Å²) in [5.41, 5.74) is 1.40. The Hall–Kier alpha value is -1.80. The fraction of sp³-hybridized carbons (Fsp3) is 0.133. The van der Waals surface area contributed by atoms with E-state index >= 15 is 0 Å². The van der Waals surface area contributed by atoms with Crippen molar-refractivity contribution < 1.29 is 8.42 Å². The van der Waals surface area contributed by atoms with Gasteiger partial charge in [0.1, 0.15) is 0 Å². The first-order chi connectivity index (χ1) is 11.3. The predicted molar refractivity (Wildman–Crippen MR) is 94.3 cm³/mol. The number of aromatic amines is 2. The quantitative estimate of drug-likeness (QED) is 0.629. The average Bonchev–Trinajstić information content (AvgIpc) is 2.88. The molecule has 0 fully saturated rings. The van der Waals surface area contributed by atoms with Crippen molar-refractivity contribution in [3.8, 4) is 0 Å². The third-order valence-electron chi connectivity index (χ3n) is 3.50. The lowest BCUT2D eigenvalue weighted by Crippen LogP contribution is -2.26. The monoisotopic (exact) mass is 385 g/mol. The van der Waals surface area contributed by atoms with Gasteiger partial charge in [-0.15, -0.1) is 0 Å². The standard InChI is InChI=1S/C15H13Cl2N3O3S/c16-10-2-1-9(12(17)7-10)5-6-18-24(22,23)11-3-4-13-14(8-11)20-15(21)19-13/h1-4,7-8,18H,5-6H2,(H2,19,20,21). The van der Waals surface area contributed by atoms with E-state index in [0.29, 0.717) is 27.5 Å². The molecule has 6 nitrogen and oxygen atoms in total. The number of nitrogens with one attached hydrogen (secondary N) is 3. The maximum Gasteiger partial charge on any atom is 0.323 e. The minimum atomic E-state index is -3.69. The molecule has 1 aromatic heterocycles. The number of halogens is 2. The van der Waals surface area contributed by atoms with Crippen molar-refractivity contribution in [2.75, 3.05) is 6.54 Å². The number of hydrogen-bond donors (Lipinski definition) is 3. The fourth-order valence-corrected chi connectivity index (χ4v) is 3.87. The van der Waals surface area contributed by atoms with Crippen molar-refractivity contribution in [1.82, 2.24) is 14.7 Å². The summed E-state index contributed by atoms with van der Waals surface area (Å²) >= 11 is 11.9. The van der Waals surface area contributed by atoms with E-state index in [0.717, 1.165) is 5.56 Å². The van der Waals surface area contributed by atoms with E-state index in [1.165, 1.54) is 18.2 Å². The Morgan fingerprint density at radius 1 is 1.00 bits per heavy atom. The molecule has 9 heteroatoms. The van der Waals surface area contributed by atoms with Crippen molar-refractivity contribution in [1.29, 1.82) is 0 Å². The maximum atomic E-state index is 12.3. The van der Waals surface area contributed by atoms with Crippen LogP contribution in [0.4, 0.5) is 0 Å². The summed E-state index contributed by atoms with van der Waals surface area (Å²) in [6.45, 7) is 0.186. The second-order valence-corrected chi connectivity index (χ2v) is 7.78. The number of imidazole rings is 1. The first kappa shape index (κ1) is 17.0. The third kappa shape index (κ3) is 3.64. The Bertz CT molecular complexity index is 1060. The van der Waals surface area contributed by atoms with Crippen LogP contribution in [0.25, 0.3) is 11.0 Å². The molecule has 126 valence electrons. The molecule has 0 unspecified atom stereocenters. The van der Waals surface area contributed by atoms with Gasteiger partial charge in [0.2, 0.25) is 10.0 Å². The Kier molecular flexibility index (Phi) is 4.69. The molecule has 0 aliphatic rings. The summed E-state index contributed by atoms with van der Waals surface area (Å²) in [6, 6.07) is 9.46. The van der Waals surface area contributed by atoms with Crippen LogP contribution in [0, 0.1) is 0 Å². The molecule has 0 atom stereocenters. The van der Waals surface area contributed by atoms with Gasteiger partial charge in [0, 0.05) is 16.6 Å². The number of rotatable bonds is 5. The summed E-state index contributed by atoms with van der Waals surface area (Å²) < 4.78 is 27.2. The van der Waals surface area contributed by atoms with Crippen LogP contribution >= 0.6 is 23.2 Å². The highest BCUT2D eigenvalue weighted by molar-refractivity contribution is 7.89. The molecule has 0 aliphatic carbocycles. The van der Waals surface area contributed by atoms with E-state index in [2.05, 4.69) is 14.7 Å². The molecule has 3 N–H and O–H groups in total. The summed E-state index contributed by atoms with van der Waals surface area (Å²) in [5, 5.41) is 1.02. The molecule has 24 heavy (non-hydrogen) atoms. The number of fused-ring (bicyclic) bond motifs is 1. The number of H-pyrrole nitrogens is 2.